The second-order valence-electron chi connectivity index (χ2n) is 8.76. The summed E-state index contributed by atoms with van der Waals surface area (Å²) in [7, 11) is 0. The summed E-state index contributed by atoms with van der Waals surface area (Å²) >= 11 is 0. The van der Waals surface area contributed by atoms with Gasteiger partial charge in [0.1, 0.15) is 11.8 Å². The van der Waals surface area contributed by atoms with Crippen molar-refractivity contribution in [3.8, 4) is 0 Å². The van der Waals surface area contributed by atoms with Gasteiger partial charge in [0.2, 0.25) is 0 Å². The predicted octanol–water partition coefficient (Wildman–Crippen LogP) is 3.18. The first-order valence-corrected chi connectivity index (χ1v) is 10.2. The maximum absolute atomic E-state index is 12.7. The smallest absolute Gasteiger partial charge is 0.328 e. The number of aliphatic carboxylic acids is 1. The highest BCUT2D eigenvalue weighted by molar-refractivity contribution is 6.25. The van der Waals surface area contributed by atoms with Crippen LogP contribution in [0.15, 0.2) is 40.6 Å². The zero-order valence-electron chi connectivity index (χ0n) is 17.8. The van der Waals surface area contributed by atoms with Gasteiger partial charge in [-0.05, 0) is 37.3 Å². The van der Waals surface area contributed by atoms with Gasteiger partial charge in [0.05, 0.1) is 22.4 Å². The van der Waals surface area contributed by atoms with Gasteiger partial charge in [0.25, 0.3) is 11.8 Å². The van der Waals surface area contributed by atoms with Crippen molar-refractivity contribution in [2.45, 2.75) is 52.5 Å². The number of imide groups is 1. The SMILES string of the molecule is CC(N=C1CC(C)(C)CC(=O)C1=C(O)CCCN1C(=O)c2ccccc2C1=O)C(=O)O. The lowest BCUT2D eigenvalue weighted by Crippen LogP contribution is -2.34. The van der Waals surface area contributed by atoms with E-state index in [0.717, 1.165) is 4.90 Å². The highest BCUT2D eigenvalue weighted by atomic mass is 16.4. The number of ketones is 1. The van der Waals surface area contributed by atoms with E-state index >= 15 is 0 Å². The number of hydrogen-bond acceptors (Lipinski definition) is 6. The Balaban J connectivity index is 1.76. The third kappa shape index (κ3) is 4.57. The molecule has 0 radical (unpaired) electrons. The van der Waals surface area contributed by atoms with Gasteiger partial charge in [0.15, 0.2) is 5.78 Å². The summed E-state index contributed by atoms with van der Waals surface area (Å²) in [6.45, 7) is 5.30. The number of benzene rings is 1. The first-order valence-electron chi connectivity index (χ1n) is 10.2. The third-order valence-electron chi connectivity index (χ3n) is 5.52. The van der Waals surface area contributed by atoms with Gasteiger partial charge in [0, 0.05) is 19.4 Å². The van der Waals surface area contributed by atoms with Crippen molar-refractivity contribution in [3.63, 3.8) is 0 Å². The largest absolute Gasteiger partial charge is 0.511 e. The van der Waals surface area contributed by atoms with E-state index in [4.69, 9.17) is 0 Å². The Kier molecular flexibility index (Phi) is 6.10. The molecule has 1 aromatic rings. The standard InChI is InChI=1S/C23H26N2O6/c1-13(22(30)31)24-16-11-23(2,3)12-18(27)19(16)17(26)9-6-10-25-20(28)14-7-4-5-8-15(14)21(25)29/h4-5,7-8,13,26H,6,9-12H2,1-3H3,(H,30,31). The van der Waals surface area contributed by atoms with Gasteiger partial charge in [-0.3, -0.25) is 24.3 Å². The van der Waals surface area contributed by atoms with E-state index in [-0.39, 0.29) is 60.4 Å². The summed E-state index contributed by atoms with van der Waals surface area (Å²) in [6.07, 6.45) is 0.911. The number of carboxylic acids is 1. The average Bonchev–Trinajstić information content (AvgIpc) is 2.91. The summed E-state index contributed by atoms with van der Waals surface area (Å²) in [5.74, 6) is -2.34. The molecule has 1 aliphatic heterocycles. The molecule has 2 aliphatic rings. The fourth-order valence-electron chi connectivity index (χ4n) is 3.99. The van der Waals surface area contributed by atoms with Gasteiger partial charge in [-0.25, -0.2) is 4.79 Å². The Morgan fingerprint density at radius 2 is 1.68 bits per heavy atom. The fraction of sp³-hybridized carbons (Fsp3) is 0.435. The lowest BCUT2D eigenvalue weighted by Gasteiger charge is -2.31. The van der Waals surface area contributed by atoms with Crippen LogP contribution in [0.3, 0.4) is 0 Å². The van der Waals surface area contributed by atoms with Crippen molar-refractivity contribution in [2.75, 3.05) is 6.54 Å². The van der Waals surface area contributed by atoms with Gasteiger partial charge in [-0.2, -0.15) is 0 Å². The first-order chi connectivity index (χ1) is 14.5. The molecule has 1 aromatic carbocycles. The number of nitrogens with zero attached hydrogens (tertiary/aromatic N) is 2. The molecule has 1 atom stereocenters. The molecule has 2 N–H and O–H groups in total. The van der Waals surface area contributed by atoms with Crippen molar-refractivity contribution in [3.05, 3.63) is 46.7 Å². The summed E-state index contributed by atoms with van der Waals surface area (Å²) in [4.78, 5) is 54.2. The quantitative estimate of drug-likeness (QED) is 0.409. The number of fused-ring (bicyclic) bond motifs is 1. The molecule has 3 rings (SSSR count). The molecule has 1 saturated carbocycles. The number of carbonyl (C=O) groups is 4. The fourth-order valence-corrected chi connectivity index (χ4v) is 3.99. The normalized spacial score (nSPS) is 22.0. The Bertz CT molecular complexity index is 986. The number of rotatable bonds is 6. The van der Waals surface area contributed by atoms with E-state index in [1.807, 2.05) is 13.8 Å². The number of carboxylic acid groups (broad SMARTS) is 1. The number of Topliss-reactive ketones (excluding diaryl/α,β-unsaturated/α-hetero) is 1. The van der Waals surface area contributed by atoms with Crippen LogP contribution in [0.2, 0.25) is 0 Å². The van der Waals surface area contributed by atoms with E-state index in [0.29, 0.717) is 17.5 Å². The highest BCUT2D eigenvalue weighted by Gasteiger charge is 2.37. The number of aliphatic imine (C=N–C) groups is 1. The zero-order chi connectivity index (χ0) is 22.9. The highest BCUT2D eigenvalue weighted by Crippen LogP contribution is 2.36. The van der Waals surface area contributed by atoms with Crippen LogP contribution >= 0.6 is 0 Å². The first kappa shape index (κ1) is 22.4. The second kappa shape index (κ2) is 8.45. The summed E-state index contributed by atoms with van der Waals surface area (Å²) in [5.41, 5.74) is 0.677. The van der Waals surface area contributed by atoms with Crippen LogP contribution in [-0.2, 0) is 9.59 Å². The molecule has 2 amide bonds. The monoisotopic (exact) mass is 426 g/mol. The van der Waals surface area contributed by atoms with Gasteiger partial charge in [-0.1, -0.05) is 26.0 Å². The molecule has 0 aromatic heterocycles. The van der Waals surface area contributed by atoms with Crippen molar-refractivity contribution in [2.24, 2.45) is 10.4 Å². The van der Waals surface area contributed by atoms with Crippen molar-refractivity contribution in [1.29, 1.82) is 0 Å². The summed E-state index contributed by atoms with van der Waals surface area (Å²) < 4.78 is 0. The van der Waals surface area contributed by atoms with Crippen LogP contribution < -0.4 is 0 Å². The molecule has 164 valence electrons. The number of aliphatic hydroxyl groups is 1. The Morgan fingerprint density at radius 3 is 2.23 bits per heavy atom. The topological polar surface area (TPSA) is 124 Å². The maximum atomic E-state index is 12.7. The Hall–Kier alpha value is -3.29. The lowest BCUT2D eigenvalue weighted by atomic mass is 9.73. The number of amides is 2. The van der Waals surface area contributed by atoms with Crippen LogP contribution in [0.4, 0.5) is 0 Å². The Morgan fingerprint density at radius 1 is 1.10 bits per heavy atom. The van der Waals surface area contributed by atoms with Crippen LogP contribution in [0, 0.1) is 5.41 Å². The maximum Gasteiger partial charge on any atom is 0.328 e. The molecule has 0 bridgehead atoms. The van der Waals surface area contributed by atoms with Gasteiger partial charge >= 0.3 is 5.97 Å². The molecule has 1 aliphatic carbocycles. The molecule has 1 fully saturated rings. The predicted molar refractivity (Wildman–Crippen MR) is 113 cm³/mol. The van der Waals surface area contributed by atoms with Crippen LogP contribution in [0.1, 0.15) is 67.2 Å². The van der Waals surface area contributed by atoms with E-state index < -0.39 is 17.4 Å². The number of allylic oxidation sites excluding steroid dienone is 2. The number of aliphatic hydroxyl groups excluding tert-OH is 1. The van der Waals surface area contributed by atoms with Crippen molar-refractivity contribution < 1.29 is 29.4 Å². The molecule has 8 nitrogen and oxygen atoms in total. The van der Waals surface area contributed by atoms with E-state index in [1.54, 1.807) is 24.3 Å². The lowest BCUT2D eigenvalue weighted by molar-refractivity contribution is -0.138. The number of carbonyl (C=O) groups excluding carboxylic acids is 3. The number of hydrogen-bond donors (Lipinski definition) is 2. The van der Waals surface area contributed by atoms with Gasteiger partial charge in [-0.15, -0.1) is 0 Å². The van der Waals surface area contributed by atoms with E-state index in [2.05, 4.69) is 4.99 Å². The second-order valence-corrected chi connectivity index (χ2v) is 8.76. The molecule has 0 saturated heterocycles. The average molecular weight is 426 g/mol. The molecule has 8 heteroatoms. The minimum absolute atomic E-state index is 0.0646. The van der Waals surface area contributed by atoms with Crippen LogP contribution in [0.5, 0.6) is 0 Å². The molecule has 0 spiro atoms. The Labute approximate surface area is 180 Å². The minimum Gasteiger partial charge on any atom is -0.511 e. The van der Waals surface area contributed by atoms with Gasteiger partial charge < -0.3 is 10.2 Å². The van der Waals surface area contributed by atoms with E-state index in [1.165, 1.54) is 6.92 Å². The van der Waals surface area contributed by atoms with Crippen molar-refractivity contribution in [1.82, 2.24) is 4.90 Å². The summed E-state index contributed by atoms with van der Waals surface area (Å²) in [6, 6.07) is 5.55. The third-order valence-corrected chi connectivity index (χ3v) is 5.52. The zero-order valence-corrected chi connectivity index (χ0v) is 17.8. The summed E-state index contributed by atoms with van der Waals surface area (Å²) in [5, 5.41) is 19.8. The molecule has 1 unspecified atom stereocenters. The molecule has 31 heavy (non-hydrogen) atoms. The van der Waals surface area contributed by atoms with Crippen LogP contribution in [0.25, 0.3) is 0 Å². The van der Waals surface area contributed by atoms with E-state index in [9.17, 15) is 29.4 Å². The minimum atomic E-state index is -1.12. The molecular weight excluding hydrogens is 400 g/mol. The van der Waals surface area contributed by atoms with Crippen LogP contribution in [-0.4, -0.2) is 57.0 Å². The van der Waals surface area contributed by atoms with Crippen molar-refractivity contribution >= 4 is 29.3 Å². The molecule has 1 heterocycles. The molecular formula is C23H26N2O6.